The lowest BCUT2D eigenvalue weighted by Crippen LogP contribution is -2.14. The zero-order valence-electron chi connectivity index (χ0n) is 14.1. The Labute approximate surface area is 142 Å². The van der Waals surface area contributed by atoms with Crippen LogP contribution in [0.2, 0.25) is 0 Å². The number of sulfonamides is 1. The highest BCUT2D eigenvalue weighted by Crippen LogP contribution is 2.31. The Morgan fingerprint density at radius 1 is 0.917 bits per heavy atom. The normalized spacial score (nSPS) is 11.2. The molecule has 2 aromatic carbocycles. The van der Waals surface area contributed by atoms with E-state index in [0.29, 0.717) is 22.9 Å². The number of benzene rings is 2. The van der Waals surface area contributed by atoms with Crippen LogP contribution in [0.1, 0.15) is 13.8 Å². The number of hydrogen-bond donors (Lipinski definition) is 1. The molecule has 6 nitrogen and oxygen atoms in total. The molecule has 0 amide bonds. The Morgan fingerprint density at radius 3 is 2.08 bits per heavy atom. The van der Waals surface area contributed by atoms with Crippen LogP contribution in [0, 0.1) is 0 Å². The molecular weight excluding hydrogens is 330 g/mol. The van der Waals surface area contributed by atoms with Crippen molar-refractivity contribution in [2.45, 2.75) is 24.8 Å². The number of methoxy groups -OCH3 is 2. The third-order valence-electron chi connectivity index (χ3n) is 3.16. The van der Waals surface area contributed by atoms with E-state index in [1.54, 1.807) is 30.3 Å². The van der Waals surface area contributed by atoms with Gasteiger partial charge in [0.2, 0.25) is 0 Å². The van der Waals surface area contributed by atoms with Crippen molar-refractivity contribution in [1.82, 2.24) is 0 Å². The van der Waals surface area contributed by atoms with Gasteiger partial charge in [0, 0.05) is 6.07 Å². The van der Waals surface area contributed by atoms with Gasteiger partial charge in [0.05, 0.1) is 30.9 Å². The number of hydrogen-bond acceptors (Lipinski definition) is 5. The summed E-state index contributed by atoms with van der Waals surface area (Å²) in [7, 11) is -0.747. The van der Waals surface area contributed by atoms with E-state index in [1.165, 1.54) is 26.4 Å². The molecule has 0 heterocycles. The van der Waals surface area contributed by atoms with Gasteiger partial charge in [0.15, 0.2) is 0 Å². The minimum absolute atomic E-state index is 0.0224. The van der Waals surface area contributed by atoms with Crippen LogP contribution < -0.4 is 18.9 Å². The van der Waals surface area contributed by atoms with Crippen LogP contribution in [0.3, 0.4) is 0 Å². The number of nitrogens with one attached hydrogen (secondary N) is 1. The topological polar surface area (TPSA) is 73.9 Å². The average Bonchev–Trinajstić information content (AvgIpc) is 2.55. The zero-order valence-corrected chi connectivity index (χ0v) is 14.9. The first-order chi connectivity index (χ1) is 11.4. The molecule has 0 aromatic heterocycles. The van der Waals surface area contributed by atoms with Crippen LogP contribution in [0.25, 0.3) is 0 Å². The van der Waals surface area contributed by atoms with Gasteiger partial charge in [-0.15, -0.1) is 0 Å². The van der Waals surface area contributed by atoms with Crippen molar-refractivity contribution in [3.63, 3.8) is 0 Å². The van der Waals surface area contributed by atoms with Crippen molar-refractivity contribution in [1.29, 1.82) is 0 Å². The second-order valence-electron chi connectivity index (χ2n) is 5.31. The monoisotopic (exact) mass is 351 g/mol. The van der Waals surface area contributed by atoms with E-state index < -0.39 is 10.0 Å². The molecule has 0 unspecified atom stereocenters. The fourth-order valence-electron chi connectivity index (χ4n) is 2.06. The van der Waals surface area contributed by atoms with Crippen molar-refractivity contribution in [3.05, 3.63) is 42.5 Å². The minimum atomic E-state index is -3.74. The third kappa shape index (κ3) is 4.32. The van der Waals surface area contributed by atoms with E-state index in [1.807, 2.05) is 13.8 Å². The maximum Gasteiger partial charge on any atom is 0.262 e. The molecule has 0 saturated heterocycles. The lowest BCUT2D eigenvalue weighted by molar-refractivity contribution is 0.242. The second-order valence-corrected chi connectivity index (χ2v) is 6.99. The lowest BCUT2D eigenvalue weighted by Gasteiger charge is -2.14. The van der Waals surface area contributed by atoms with Gasteiger partial charge in [-0.25, -0.2) is 8.42 Å². The van der Waals surface area contributed by atoms with Gasteiger partial charge in [0.25, 0.3) is 10.0 Å². The molecule has 0 spiro atoms. The van der Waals surface area contributed by atoms with Crippen LogP contribution in [-0.4, -0.2) is 28.7 Å². The predicted octanol–water partition coefficient (Wildman–Crippen LogP) is 3.29. The van der Waals surface area contributed by atoms with Crippen LogP contribution >= 0.6 is 0 Å². The Balaban J connectivity index is 2.25. The highest BCUT2D eigenvalue weighted by Gasteiger charge is 2.17. The molecule has 24 heavy (non-hydrogen) atoms. The summed E-state index contributed by atoms with van der Waals surface area (Å²) in [5, 5.41) is 0. The number of ether oxygens (including phenoxy) is 3. The summed E-state index contributed by atoms with van der Waals surface area (Å²) in [5.41, 5.74) is 0.334. The minimum Gasteiger partial charge on any atom is -0.497 e. The van der Waals surface area contributed by atoms with Gasteiger partial charge >= 0.3 is 0 Å². The van der Waals surface area contributed by atoms with Crippen molar-refractivity contribution in [2.24, 2.45) is 0 Å². The first kappa shape index (κ1) is 17.9. The summed E-state index contributed by atoms with van der Waals surface area (Å²) < 4.78 is 43.4. The molecule has 0 aliphatic carbocycles. The molecular formula is C17H21NO5S. The van der Waals surface area contributed by atoms with Crippen LogP contribution in [0.15, 0.2) is 47.4 Å². The smallest absolute Gasteiger partial charge is 0.262 e. The number of anilines is 1. The van der Waals surface area contributed by atoms with E-state index in [-0.39, 0.29) is 11.0 Å². The Kier molecular flexibility index (Phi) is 5.56. The second kappa shape index (κ2) is 7.44. The van der Waals surface area contributed by atoms with Crippen molar-refractivity contribution >= 4 is 15.7 Å². The van der Waals surface area contributed by atoms with E-state index in [4.69, 9.17) is 14.2 Å². The standard InChI is InChI=1S/C17H21NO5S/c1-12(2)23-13-5-8-15(9-6-13)24(19,20)18-16-10-7-14(21-3)11-17(16)22-4/h5-12,18H,1-4H3. The predicted molar refractivity (Wildman–Crippen MR) is 92.6 cm³/mol. The molecule has 7 heteroatoms. The van der Waals surface area contributed by atoms with Gasteiger partial charge in [-0.1, -0.05) is 0 Å². The van der Waals surface area contributed by atoms with Gasteiger partial charge in [-0.05, 0) is 50.2 Å². The van der Waals surface area contributed by atoms with Gasteiger partial charge in [0.1, 0.15) is 17.2 Å². The molecule has 0 aliphatic heterocycles. The molecule has 0 saturated carbocycles. The van der Waals surface area contributed by atoms with Crippen molar-refractivity contribution in [3.8, 4) is 17.2 Å². The first-order valence-electron chi connectivity index (χ1n) is 7.37. The van der Waals surface area contributed by atoms with Crippen molar-refractivity contribution in [2.75, 3.05) is 18.9 Å². The van der Waals surface area contributed by atoms with E-state index >= 15 is 0 Å². The summed E-state index contributed by atoms with van der Waals surface area (Å²) in [6.07, 6.45) is 0.0224. The molecule has 130 valence electrons. The highest BCUT2D eigenvalue weighted by molar-refractivity contribution is 7.92. The maximum atomic E-state index is 12.5. The summed E-state index contributed by atoms with van der Waals surface area (Å²) in [6, 6.07) is 11.1. The molecule has 0 fully saturated rings. The SMILES string of the molecule is COc1ccc(NS(=O)(=O)c2ccc(OC(C)C)cc2)c(OC)c1. The third-order valence-corrected chi connectivity index (χ3v) is 4.54. The largest absolute Gasteiger partial charge is 0.497 e. The first-order valence-corrected chi connectivity index (χ1v) is 8.85. The lowest BCUT2D eigenvalue weighted by atomic mass is 10.3. The molecule has 1 N–H and O–H groups in total. The molecule has 0 bridgehead atoms. The van der Waals surface area contributed by atoms with E-state index in [9.17, 15) is 8.42 Å². The Bertz CT molecular complexity index is 785. The van der Waals surface area contributed by atoms with E-state index in [0.717, 1.165) is 0 Å². The van der Waals surface area contributed by atoms with Crippen molar-refractivity contribution < 1.29 is 22.6 Å². The van der Waals surface area contributed by atoms with Crippen LogP contribution in [0.5, 0.6) is 17.2 Å². The zero-order chi connectivity index (χ0) is 17.7. The van der Waals surface area contributed by atoms with E-state index in [2.05, 4.69) is 4.72 Å². The molecule has 0 radical (unpaired) electrons. The quantitative estimate of drug-likeness (QED) is 0.828. The Morgan fingerprint density at radius 2 is 1.54 bits per heavy atom. The molecule has 0 atom stereocenters. The van der Waals surface area contributed by atoms with Gasteiger partial charge in [-0.3, -0.25) is 4.72 Å². The highest BCUT2D eigenvalue weighted by atomic mass is 32.2. The fourth-order valence-corrected chi connectivity index (χ4v) is 3.13. The van der Waals surface area contributed by atoms with Crippen LogP contribution in [-0.2, 0) is 10.0 Å². The van der Waals surface area contributed by atoms with Gasteiger partial charge in [-0.2, -0.15) is 0 Å². The summed E-state index contributed by atoms with van der Waals surface area (Å²) >= 11 is 0. The summed E-state index contributed by atoms with van der Waals surface area (Å²) in [6.45, 7) is 3.81. The number of rotatable bonds is 7. The summed E-state index contributed by atoms with van der Waals surface area (Å²) in [5.74, 6) is 1.56. The van der Waals surface area contributed by atoms with Gasteiger partial charge < -0.3 is 14.2 Å². The molecule has 2 rings (SSSR count). The summed E-state index contributed by atoms with van der Waals surface area (Å²) in [4.78, 5) is 0.136. The van der Waals surface area contributed by atoms with Crippen LogP contribution in [0.4, 0.5) is 5.69 Å². The average molecular weight is 351 g/mol. The molecule has 0 aliphatic rings. The maximum absolute atomic E-state index is 12.5. The fraction of sp³-hybridized carbons (Fsp3) is 0.294. The Hall–Kier alpha value is -2.41. The molecule has 2 aromatic rings.